The Morgan fingerprint density at radius 2 is 2.00 bits per heavy atom. The minimum absolute atomic E-state index is 0.184. The molecule has 1 aliphatic heterocycles. The number of halogens is 1. The molecule has 0 spiro atoms. The summed E-state index contributed by atoms with van der Waals surface area (Å²) in [5, 5.41) is 3.91. The van der Waals surface area contributed by atoms with Gasteiger partial charge in [-0.15, -0.1) is 0 Å². The fraction of sp³-hybridized carbons (Fsp3) is 0.611. The second-order valence-corrected chi connectivity index (χ2v) is 6.55. The molecule has 1 aromatic carbocycles. The van der Waals surface area contributed by atoms with Gasteiger partial charge < -0.3 is 5.32 Å². The molecule has 2 rings (SSSR count). The molecule has 1 amide bonds. The Morgan fingerprint density at radius 3 is 2.68 bits per heavy atom. The van der Waals surface area contributed by atoms with Crippen LogP contribution in [0.1, 0.15) is 44.6 Å². The summed E-state index contributed by atoms with van der Waals surface area (Å²) in [7, 11) is 0. The molecule has 1 aromatic rings. The van der Waals surface area contributed by atoms with Gasteiger partial charge in [0.2, 0.25) is 5.91 Å². The molecule has 4 heteroatoms. The molecule has 0 aromatic heterocycles. The van der Waals surface area contributed by atoms with Crippen LogP contribution in [0.3, 0.4) is 0 Å². The van der Waals surface area contributed by atoms with Gasteiger partial charge in [-0.1, -0.05) is 49.6 Å². The summed E-state index contributed by atoms with van der Waals surface area (Å²) in [6.45, 7) is 5.82. The van der Waals surface area contributed by atoms with Gasteiger partial charge in [-0.3, -0.25) is 9.69 Å². The first-order valence-corrected chi connectivity index (χ1v) is 8.82. The number of amides is 1. The highest BCUT2D eigenvalue weighted by Gasteiger charge is 2.24. The van der Waals surface area contributed by atoms with E-state index in [4.69, 9.17) is 11.6 Å². The molecule has 1 saturated heterocycles. The average molecular weight is 323 g/mol. The third-order valence-corrected chi connectivity index (χ3v) is 4.76. The van der Waals surface area contributed by atoms with E-state index in [1.54, 1.807) is 0 Å². The summed E-state index contributed by atoms with van der Waals surface area (Å²) in [5.41, 5.74) is 1.17. The van der Waals surface area contributed by atoms with Crippen molar-refractivity contribution in [3.05, 3.63) is 34.9 Å². The highest BCUT2D eigenvalue weighted by molar-refractivity contribution is 6.31. The van der Waals surface area contributed by atoms with Crippen molar-refractivity contribution in [1.82, 2.24) is 10.2 Å². The van der Waals surface area contributed by atoms with Crippen LogP contribution in [0.15, 0.2) is 24.3 Å². The van der Waals surface area contributed by atoms with Crippen molar-refractivity contribution in [2.75, 3.05) is 19.6 Å². The van der Waals surface area contributed by atoms with E-state index in [0.29, 0.717) is 0 Å². The van der Waals surface area contributed by atoms with E-state index in [1.165, 1.54) is 18.4 Å². The van der Waals surface area contributed by atoms with Crippen LogP contribution in [0, 0.1) is 5.92 Å². The molecule has 0 bridgehead atoms. The normalized spacial score (nSPS) is 16.6. The lowest BCUT2D eigenvalue weighted by molar-refractivity contribution is -0.126. The van der Waals surface area contributed by atoms with Crippen LogP contribution in [0.25, 0.3) is 0 Å². The number of carbonyl (C=O) groups is 1. The van der Waals surface area contributed by atoms with Crippen LogP contribution in [0.5, 0.6) is 0 Å². The standard InChI is InChI=1S/C18H27ClN2O/c1-2-3-6-11-20-18(22)15-9-12-21(13-10-15)14-16-7-4-5-8-17(16)19/h4-5,7-8,15H,2-3,6,9-14H2,1H3,(H,20,22). The zero-order chi connectivity index (χ0) is 15.8. The maximum Gasteiger partial charge on any atom is 0.223 e. The predicted octanol–water partition coefficient (Wildman–Crippen LogP) is 3.86. The molecule has 0 unspecified atom stereocenters. The van der Waals surface area contributed by atoms with E-state index in [9.17, 15) is 4.79 Å². The van der Waals surface area contributed by atoms with Gasteiger partial charge in [0.1, 0.15) is 0 Å². The van der Waals surface area contributed by atoms with Gasteiger partial charge in [-0.25, -0.2) is 0 Å². The SMILES string of the molecule is CCCCCNC(=O)C1CCN(Cc2ccccc2Cl)CC1. The fourth-order valence-corrected chi connectivity index (χ4v) is 3.15. The van der Waals surface area contributed by atoms with E-state index >= 15 is 0 Å². The van der Waals surface area contributed by atoms with Gasteiger partial charge in [0.15, 0.2) is 0 Å². The van der Waals surface area contributed by atoms with Gasteiger partial charge in [0, 0.05) is 24.0 Å². The number of hydrogen-bond donors (Lipinski definition) is 1. The van der Waals surface area contributed by atoms with Crippen molar-refractivity contribution in [2.24, 2.45) is 5.92 Å². The molecule has 3 nitrogen and oxygen atoms in total. The summed E-state index contributed by atoms with van der Waals surface area (Å²) in [4.78, 5) is 14.5. The smallest absolute Gasteiger partial charge is 0.223 e. The Morgan fingerprint density at radius 1 is 1.27 bits per heavy atom. The lowest BCUT2D eigenvalue weighted by Crippen LogP contribution is -2.40. The predicted molar refractivity (Wildman–Crippen MR) is 92.0 cm³/mol. The number of likely N-dealkylation sites (tertiary alicyclic amines) is 1. The van der Waals surface area contributed by atoms with Gasteiger partial charge in [0.05, 0.1) is 0 Å². The minimum atomic E-state index is 0.184. The van der Waals surface area contributed by atoms with Crippen LogP contribution in [0.4, 0.5) is 0 Å². The third kappa shape index (κ3) is 5.29. The zero-order valence-corrected chi connectivity index (χ0v) is 14.2. The number of unbranched alkanes of at least 4 members (excludes halogenated alkanes) is 2. The minimum Gasteiger partial charge on any atom is -0.356 e. The van der Waals surface area contributed by atoms with Crippen LogP contribution in [0.2, 0.25) is 5.02 Å². The molecule has 0 atom stereocenters. The largest absolute Gasteiger partial charge is 0.356 e. The number of rotatable bonds is 7. The van der Waals surface area contributed by atoms with E-state index in [0.717, 1.165) is 50.5 Å². The van der Waals surface area contributed by atoms with Crippen LogP contribution < -0.4 is 5.32 Å². The number of nitrogens with one attached hydrogen (secondary N) is 1. The third-order valence-electron chi connectivity index (χ3n) is 4.39. The van der Waals surface area contributed by atoms with Crippen molar-refractivity contribution in [3.8, 4) is 0 Å². The summed E-state index contributed by atoms with van der Waals surface area (Å²) in [6.07, 6.45) is 5.37. The lowest BCUT2D eigenvalue weighted by atomic mass is 9.95. The van der Waals surface area contributed by atoms with Crippen molar-refractivity contribution in [3.63, 3.8) is 0 Å². The lowest BCUT2D eigenvalue weighted by Gasteiger charge is -2.31. The van der Waals surface area contributed by atoms with Gasteiger partial charge in [-0.2, -0.15) is 0 Å². The van der Waals surface area contributed by atoms with Crippen LogP contribution in [-0.4, -0.2) is 30.4 Å². The molecule has 1 fully saturated rings. The monoisotopic (exact) mass is 322 g/mol. The first kappa shape index (κ1) is 17.3. The summed E-state index contributed by atoms with van der Waals surface area (Å²) < 4.78 is 0. The molecule has 1 heterocycles. The molecule has 0 radical (unpaired) electrons. The Bertz CT molecular complexity index is 470. The highest BCUT2D eigenvalue weighted by Crippen LogP contribution is 2.22. The Kier molecular flexibility index (Phi) is 7.20. The topological polar surface area (TPSA) is 32.3 Å². The molecule has 0 saturated carbocycles. The maximum absolute atomic E-state index is 12.1. The van der Waals surface area contributed by atoms with E-state index in [2.05, 4.69) is 23.2 Å². The van der Waals surface area contributed by atoms with Crippen molar-refractivity contribution >= 4 is 17.5 Å². The van der Waals surface area contributed by atoms with Crippen LogP contribution in [-0.2, 0) is 11.3 Å². The van der Waals surface area contributed by atoms with Gasteiger partial charge in [-0.05, 0) is 44.0 Å². The first-order chi connectivity index (χ1) is 10.7. The quantitative estimate of drug-likeness (QED) is 0.773. The first-order valence-electron chi connectivity index (χ1n) is 8.44. The maximum atomic E-state index is 12.1. The number of hydrogen-bond acceptors (Lipinski definition) is 2. The Hall–Kier alpha value is -1.06. The molecular weight excluding hydrogens is 296 g/mol. The fourth-order valence-electron chi connectivity index (χ4n) is 2.95. The average Bonchev–Trinajstić information content (AvgIpc) is 2.54. The number of nitrogens with zero attached hydrogens (tertiary/aromatic N) is 1. The summed E-state index contributed by atoms with van der Waals surface area (Å²) in [6, 6.07) is 8.00. The van der Waals surface area contributed by atoms with Crippen molar-refractivity contribution in [1.29, 1.82) is 0 Å². The molecule has 122 valence electrons. The second-order valence-electron chi connectivity index (χ2n) is 6.14. The van der Waals surface area contributed by atoms with Crippen LogP contribution >= 0.6 is 11.6 Å². The van der Waals surface area contributed by atoms with E-state index in [-0.39, 0.29) is 11.8 Å². The molecule has 1 aliphatic rings. The van der Waals surface area contributed by atoms with E-state index in [1.807, 2.05) is 18.2 Å². The van der Waals surface area contributed by atoms with Gasteiger partial charge >= 0.3 is 0 Å². The number of benzene rings is 1. The van der Waals surface area contributed by atoms with Crippen molar-refractivity contribution in [2.45, 2.75) is 45.6 Å². The summed E-state index contributed by atoms with van der Waals surface area (Å²) >= 11 is 6.21. The Labute approximate surface area is 139 Å². The highest BCUT2D eigenvalue weighted by atomic mass is 35.5. The molecule has 22 heavy (non-hydrogen) atoms. The number of carbonyl (C=O) groups excluding carboxylic acids is 1. The van der Waals surface area contributed by atoms with E-state index < -0.39 is 0 Å². The number of piperidine rings is 1. The van der Waals surface area contributed by atoms with Crippen molar-refractivity contribution < 1.29 is 4.79 Å². The molecule has 0 aliphatic carbocycles. The Balaban J connectivity index is 1.71. The molecular formula is C18H27ClN2O. The second kappa shape index (κ2) is 9.16. The van der Waals surface area contributed by atoms with Gasteiger partial charge in [0.25, 0.3) is 0 Å². The molecule has 1 N–H and O–H groups in total. The summed E-state index contributed by atoms with van der Waals surface area (Å²) in [5.74, 6) is 0.428. The zero-order valence-electron chi connectivity index (χ0n) is 13.5.